The van der Waals surface area contributed by atoms with Crippen molar-refractivity contribution in [2.24, 2.45) is 0 Å². The molecule has 4 aromatic rings. The summed E-state index contributed by atoms with van der Waals surface area (Å²) in [6, 6.07) is 17.7. The first-order valence-corrected chi connectivity index (χ1v) is 13.0. The van der Waals surface area contributed by atoms with Crippen molar-refractivity contribution < 1.29 is 18.0 Å². The lowest BCUT2D eigenvalue weighted by Crippen LogP contribution is -2.43. The van der Waals surface area contributed by atoms with E-state index in [4.69, 9.17) is 4.98 Å². The summed E-state index contributed by atoms with van der Waals surface area (Å²) in [5.74, 6) is 0.350. The predicted molar refractivity (Wildman–Crippen MR) is 151 cm³/mol. The van der Waals surface area contributed by atoms with Gasteiger partial charge in [0.15, 0.2) is 0 Å². The Kier molecular flexibility index (Phi) is 8.58. The molecule has 0 aliphatic rings. The first-order chi connectivity index (χ1) is 19.0. The molecule has 4 rings (SSSR count). The highest BCUT2D eigenvalue weighted by atomic mass is 19.4. The number of urea groups is 1. The van der Waals surface area contributed by atoms with Crippen LogP contribution in [0.3, 0.4) is 0 Å². The maximum Gasteiger partial charge on any atom is 0.416 e. The van der Waals surface area contributed by atoms with Crippen LogP contribution >= 0.6 is 0 Å². The number of aromatic nitrogens is 2. The van der Waals surface area contributed by atoms with Crippen molar-refractivity contribution in [2.75, 3.05) is 32.5 Å². The van der Waals surface area contributed by atoms with Crippen LogP contribution in [0.4, 0.5) is 23.7 Å². The topological polar surface area (TPSA) is 70.5 Å². The average molecular weight is 552 g/mol. The number of hydrogen-bond acceptors (Lipinski definition) is 4. The fourth-order valence-corrected chi connectivity index (χ4v) is 4.58. The summed E-state index contributed by atoms with van der Waals surface area (Å²) in [5, 5.41) is 3.06. The molecule has 210 valence electrons. The number of hydrogen-bond donors (Lipinski definition) is 1. The van der Waals surface area contributed by atoms with E-state index in [2.05, 4.69) is 5.32 Å². The Morgan fingerprint density at radius 2 is 1.70 bits per heavy atom. The van der Waals surface area contributed by atoms with E-state index in [0.717, 1.165) is 17.7 Å². The van der Waals surface area contributed by atoms with Crippen LogP contribution in [0.25, 0.3) is 16.6 Å². The lowest BCUT2D eigenvalue weighted by Gasteiger charge is -2.32. The highest BCUT2D eigenvalue weighted by Crippen LogP contribution is 2.31. The van der Waals surface area contributed by atoms with Crippen LogP contribution in [0, 0.1) is 0 Å². The molecule has 0 radical (unpaired) electrons. The smallest absolute Gasteiger partial charge is 0.313 e. The van der Waals surface area contributed by atoms with Gasteiger partial charge in [-0.1, -0.05) is 43.3 Å². The Morgan fingerprint density at radius 1 is 1.00 bits per heavy atom. The number of amides is 2. The summed E-state index contributed by atoms with van der Waals surface area (Å²) in [5.41, 5.74) is 0.982. The van der Waals surface area contributed by atoms with Gasteiger partial charge < -0.3 is 15.1 Å². The number of aryl methyl sites for hydroxylation is 1. The Balaban J connectivity index is 1.83. The molecule has 0 saturated carbocycles. The van der Waals surface area contributed by atoms with Crippen molar-refractivity contribution in [1.29, 1.82) is 0 Å². The van der Waals surface area contributed by atoms with Gasteiger partial charge in [0, 0.05) is 18.8 Å². The van der Waals surface area contributed by atoms with Crippen LogP contribution in [0.15, 0.2) is 77.6 Å². The molecule has 0 bridgehead atoms. The zero-order chi connectivity index (χ0) is 29.0. The third kappa shape index (κ3) is 6.17. The molecule has 0 saturated heterocycles. The maximum atomic E-state index is 13.9. The number of fused-ring (bicyclic) bond motifs is 1. The standard InChI is InChI=1S/C30H32F3N5O2/c1-5-21-11-6-9-16-26(21)38-27(35-25-15-8-7-14-24(25)28(38)39)20(2)37(18-17-36(3)4)29(40)34-23-13-10-12-22(19-23)30(31,32)33/h6-16,19-20H,5,17-18H2,1-4H3,(H,34,40). The summed E-state index contributed by atoms with van der Waals surface area (Å²) in [4.78, 5) is 35.7. The maximum absolute atomic E-state index is 13.9. The Morgan fingerprint density at radius 3 is 2.40 bits per heavy atom. The number of nitrogens with zero attached hydrogens (tertiary/aromatic N) is 4. The Labute approximate surface area is 230 Å². The number of carbonyl (C=O) groups excluding carboxylic acids is 1. The number of likely N-dealkylation sites (N-methyl/N-ethyl adjacent to an activating group) is 1. The number of nitrogens with one attached hydrogen (secondary N) is 1. The van der Waals surface area contributed by atoms with Gasteiger partial charge in [0.25, 0.3) is 5.56 Å². The van der Waals surface area contributed by atoms with Gasteiger partial charge in [-0.2, -0.15) is 13.2 Å². The molecule has 1 atom stereocenters. The monoisotopic (exact) mass is 551 g/mol. The highest BCUT2D eigenvalue weighted by molar-refractivity contribution is 5.89. The van der Waals surface area contributed by atoms with Crippen LogP contribution in [-0.2, 0) is 12.6 Å². The molecule has 1 aromatic heterocycles. The third-order valence-corrected chi connectivity index (χ3v) is 6.75. The normalized spacial score (nSPS) is 12.5. The molecule has 1 heterocycles. The zero-order valence-electron chi connectivity index (χ0n) is 22.9. The van der Waals surface area contributed by atoms with Gasteiger partial charge in [0.2, 0.25) is 0 Å². The van der Waals surface area contributed by atoms with Crippen LogP contribution < -0.4 is 10.9 Å². The van der Waals surface area contributed by atoms with E-state index in [0.29, 0.717) is 35.4 Å². The highest BCUT2D eigenvalue weighted by Gasteiger charge is 2.31. The number of benzene rings is 3. The lowest BCUT2D eigenvalue weighted by atomic mass is 10.1. The first-order valence-electron chi connectivity index (χ1n) is 13.0. The fourth-order valence-electron chi connectivity index (χ4n) is 4.58. The van der Waals surface area contributed by atoms with E-state index in [1.165, 1.54) is 17.0 Å². The molecule has 0 aliphatic carbocycles. The predicted octanol–water partition coefficient (Wildman–Crippen LogP) is 6.12. The van der Waals surface area contributed by atoms with Gasteiger partial charge in [-0.3, -0.25) is 9.36 Å². The Bertz CT molecular complexity index is 1570. The van der Waals surface area contributed by atoms with E-state index < -0.39 is 23.8 Å². The van der Waals surface area contributed by atoms with Gasteiger partial charge in [0.1, 0.15) is 5.82 Å². The van der Waals surface area contributed by atoms with Crippen LogP contribution in [0.5, 0.6) is 0 Å². The molecule has 1 N–H and O–H groups in total. The van der Waals surface area contributed by atoms with Gasteiger partial charge >= 0.3 is 12.2 Å². The van der Waals surface area contributed by atoms with Crippen molar-refractivity contribution in [2.45, 2.75) is 32.5 Å². The molecule has 1 unspecified atom stereocenters. The summed E-state index contributed by atoms with van der Waals surface area (Å²) < 4.78 is 41.4. The molecular weight excluding hydrogens is 519 g/mol. The van der Waals surface area contributed by atoms with E-state index in [1.807, 2.05) is 50.2 Å². The van der Waals surface area contributed by atoms with Crippen molar-refractivity contribution in [3.8, 4) is 5.69 Å². The molecular formula is C30H32F3N5O2. The molecule has 0 aliphatic heterocycles. The van der Waals surface area contributed by atoms with Crippen molar-refractivity contribution in [3.05, 3.63) is 100 Å². The number of carbonyl (C=O) groups is 1. The summed E-state index contributed by atoms with van der Waals surface area (Å²) in [7, 11) is 3.71. The quantitative estimate of drug-likeness (QED) is 0.286. The molecule has 7 nitrogen and oxygen atoms in total. The molecule has 0 fully saturated rings. The van der Waals surface area contributed by atoms with E-state index >= 15 is 0 Å². The first kappa shape index (κ1) is 28.8. The summed E-state index contributed by atoms with van der Waals surface area (Å²) >= 11 is 0. The van der Waals surface area contributed by atoms with Crippen LogP contribution in [0.1, 0.15) is 36.8 Å². The van der Waals surface area contributed by atoms with Gasteiger partial charge in [-0.05, 0) is 69.4 Å². The number of rotatable bonds is 8. The second-order valence-electron chi connectivity index (χ2n) is 9.79. The van der Waals surface area contributed by atoms with Gasteiger partial charge in [-0.15, -0.1) is 0 Å². The van der Waals surface area contributed by atoms with E-state index in [1.54, 1.807) is 35.8 Å². The average Bonchev–Trinajstić information content (AvgIpc) is 2.92. The van der Waals surface area contributed by atoms with Crippen molar-refractivity contribution in [3.63, 3.8) is 0 Å². The van der Waals surface area contributed by atoms with Crippen molar-refractivity contribution in [1.82, 2.24) is 19.4 Å². The number of para-hydroxylation sites is 2. The van der Waals surface area contributed by atoms with Crippen LogP contribution in [-0.4, -0.2) is 52.6 Å². The van der Waals surface area contributed by atoms with Gasteiger partial charge in [0.05, 0.1) is 28.2 Å². The summed E-state index contributed by atoms with van der Waals surface area (Å²) in [6.45, 7) is 4.47. The molecule has 40 heavy (non-hydrogen) atoms. The minimum absolute atomic E-state index is 0.0158. The SMILES string of the molecule is CCc1ccccc1-n1c(C(C)N(CCN(C)C)C(=O)Nc2cccc(C(F)(F)F)c2)nc2ccccc2c1=O. The molecule has 2 amide bonds. The number of halogens is 3. The second kappa shape index (κ2) is 11.9. The minimum atomic E-state index is -4.55. The third-order valence-electron chi connectivity index (χ3n) is 6.75. The Hall–Kier alpha value is -4.18. The fraction of sp³-hybridized carbons (Fsp3) is 0.300. The van der Waals surface area contributed by atoms with E-state index in [9.17, 15) is 22.8 Å². The lowest BCUT2D eigenvalue weighted by molar-refractivity contribution is -0.137. The molecule has 3 aromatic carbocycles. The number of anilines is 1. The minimum Gasteiger partial charge on any atom is -0.313 e. The second-order valence-corrected chi connectivity index (χ2v) is 9.79. The number of alkyl halides is 3. The van der Waals surface area contributed by atoms with Crippen molar-refractivity contribution >= 4 is 22.6 Å². The van der Waals surface area contributed by atoms with Crippen LogP contribution in [0.2, 0.25) is 0 Å². The van der Waals surface area contributed by atoms with Gasteiger partial charge in [-0.25, -0.2) is 9.78 Å². The molecule has 0 spiro atoms. The largest absolute Gasteiger partial charge is 0.416 e. The molecule has 10 heteroatoms. The zero-order valence-corrected chi connectivity index (χ0v) is 22.9. The van der Waals surface area contributed by atoms with E-state index in [-0.39, 0.29) is 17.8 Å². The summed E-state index contributed by atoms with van der Waals surface area (Å²) in [6.07, 6.45) is -3.87.